The Labute approximate surface area is 282 Å². The van der Waals surface area contributed by atoms with Crippen molar-refractivity contribution in [3.8, 4) is 0 Å². The van der Waals surface area contributed by atoms with Gasteiger partial charge in [-0.1, -0.05) is 63.2 Å². The molecule has 8 rings (SSSR count). The van der Waals surface area contributed by atoms with E-state index in [9.17, 15) is 14.0 Å². The molecule has 2 aliphatic heterocycles. The molecule has 2 aliphatic carbocycles. The number of fused-ring (bicyclic) bond motifs is 2. The Morgan fingerprint density at radius 1 is 0.766 bits per heavy atom. The summed E-state index contributed by atoms with van der Waals surface area (Å²) in [6.07, 6.45) is 2.80. The largest absolute Gasteiger partial charge is 0.342 e. The summed E-state index contributed by atoms with van der Waals surface area (Å²) in [5.41, 5.74) is 5.02. The van der Waals surface area contributed by atoms with Gasteiger partial charge in [0.25, 0.3) is 0 Å². The summed E-state index contributed by atoms with van der Waals surface area (Å²) < 4.78 is 14.7. The number of rotatable bonds is 4. The number of ketones is 2. The molecule has 2 aromatic carbocycles. The van der Waals surface area contributed by atoms with Gasteiger partial charge in [-0.15, -0.1) is 22.7 Å². The van der Waals surface area contributed by atoms with E-state index in [0.29, 0.717) is 37.7 Å². The molecule has 0 saturated carbocycles. The first-order chi connectivity index (χ1) is 22.3. The number of thiazole rings is 2. The molecule has 2 N–H and O–H groups in total. The second-order valence-corrected chi connectivity index (χ2v) is 17.0. The van der Waals surface area contributed by atoms with Crippen LogP contribution in [-0.4, -0.2) is 21.5 Å². The summed E-state index contributed by atoms with van der Waals surface area (Å²) in [4.78, 5) is 39.9. The fraction of sp³-hybridized carbons (Fsp3) is 0.368. The number of nitrogens with zero attached hydrogens (tertiary/aromatic N) is 2. The van der Waals surface area contributed by atoms with Crippen LogP contribution in [0, 0.1) is 16.6 Å². The highest BCUT2D eigenvalue weighted by molar-refractivity contribution is 7.12. The minimum atomic E-state index is -0.843. The van der Waals surface area contributed by atoms with Crippen LogP contribution in [0.1, 0.15) is 86.2 Å². The van der Waals surface area contributed by atoms with E-state index < -0.39 is 16.2 Å². The topological polar surface area (TPSA) is 84.0 Å². The van der Waals surface area contributed by atoms with E-state index in [1.807, 2.05) is 36.7 Å². The number of Topliss-reactive ketones (excluding diaryl/α,β-unsaturated/α-hetero) is 2. The second kappa shape index (κ2) is 10.3. The van der Waals surface area contributed by atoms with Gasteiger partial charge in [0.15, 0.2) is 11.6 Å². The first kappa shape index (κ1) is 30.4. The first-order valence-corrected chi connectivity index (χ1v) is 17.8. The minimum absolute atomic E-state index is 0.0895. The van der Waals surface area contributed by atoms with Crippen molar-refractivity contribution >= 4 is 45.9 Å². The van der Waals surface area contributed by atoms with E-state index in [1.165, 1.54) is 6.07 Å². The summed E-state index contributed by atoms with van der Waals surface area (Å²) >= 11 is 3.15. The number of hydrogen-bond acceptors (Lipinski definition) is 8. The molecule has 0 bridgehead atoms. The molecule has 240 valence electrons. The molecule has 0 spiro atoms. The Hall–Kier alpha value is -3.95. The highest BCUT2D eigenvalue weighted by Crippen LogP contribution is 2.57. The van der Waals surface area contributed by atoms with Crippen LogP contribution >= 0.6 is 22.7 Å². The van der Waals surface area contributed by atoms with Gasteiger partial charge < -0.3 is 10.6 Å². The number of carbonyl (C=O) groups is 2. The quantitative estimate of drug-likeness (QED) is 0.227. The van der Waals surface area contributed by atoms with Crippen LogP contribution in [0.25, 0.3) is 0 Å². The molecule has 0 radical (unpaired) electrons. The zero-order valence-corrected chi connectivity index (χ0v) is 28.8. The molecule has 4 aliphatic rings. The molecule has 4 heterocycles. The molecular formula is C38H37FN4O2S2. The number of benzene rings is 2. The molecule has 0 saturated heterocycles. The SMILES string of the molecule is CC1(C)CC(=O)C2=C(C1)Nc1nc(CC3(C)CC(=O)C4=C(C3)Nc3ncsc3[C@@]4(C)c3ccccc3)sc1[C@]2(C)c1cccc(F)c1. The molecular weight excluding hydrogens is 628 g/mol. The highest BCUT2D eigenvalue weighted by atomic mass is 32.1. The zero-order valence-electron chi connectivity index (χ0n) is 27.2. The monoisotopic (exact) mass is 664 g/mol. The van der Waals surface area contributed by atoms with Crippen LogP contribution in [0.15, 0.2) is 82.6 Å². The lowest BCUT2D eigenvalue weighted by molar-refractivity contribution is -0.119. The summed E-state index contributed by atoms with van der Waals surface area (Å²) in [5.74, 6) is 1.45. The summed E-state index contributed by atoms with van der Waals surface area (Å²) in [6.45, 7) is 10.6. The Morgan fingerprint density at radius 3 is 2.17 bits per heavy atom. The van der Waals surface area contributed by atoms with Gasteiger partial charge in [0, 0.05) is 41.8 Å². The fourth-order valence-electron chi connectivity index (χ4n) is 8.60. The average molecular weight is 665 g/mol. The number of aromatic nitrogens is 2. The third kappa shape index (κ3) is 4.60. The van der Waals surface area contributed by atoms with E-state index in [2.05, 4.69) is 55.4 Å². The van der Waals surface area contributed by atoms with Crippen molar-refractivity contribution in [2.75, 3.05) is 10.6 Å². The summed E-state index contributed by atoms with van der Waals surface area (Å²) in [5, 5.41) is 8.01. The second-order valence-electron chi connectivity index (χ2n) is 15.1. The zero-order chi connectivity index (χ0) is 32.9. The van der Waals surface area contributed by atoms with E-state index in [0.717, 1.165) is 54.5 Å². The van der Waals surface area contributed by atoms with Gasteiger partial charge >= 0.3 is 0 Å². The van der Waals surface area contributed by atoms with Gasteiger partial charge in [0.2, 0.25) is 0 Å². The first-order valence-electron chi connectivity index (χ1n) is 16.1. The average Bonchev–Trinajstić information content (AvgIpc) is 3.63. The molecule has 3 atom stereocenters. The number of anilines is 2. The predicted octanol–water partition coefficient (Wildman–Crippen LogP) is 8.71. The lowest BCUT2D eigenvalue weighted by Crippen LogP contribution is -2.42. The number of nitrogens with one attached hydrogen (secondary N) is 2. The van der Waals surface area contributed by atoms with Crippen LogP contribution in [0.4, 0.5) is 16.0 Å². The van der Waals surface area contributed by atoms with Gasteiger partial charge in [0.05, 0.1) is 31.1 Å². The van der Waals surface area contributed by atoms with Crippen LogP contribution in [0.3, 0.4) is 0 Å². The van der Waals surface area contributed by atoms with Gasteiger partial charge in [-0.05, 0) is 60.8 Å². The van der Waals surface area contributed by atoms with E-state index >= 15 is 0 Å². The lowest BCUT2D eigenvalue weighted by Gasteiger charge is -2.44. The van der Waals surface area contributed by atoms with Crippen molar-refractivity contribution in [1.82, 2.24) is 9.97 Å². The molecule has 0 fully saturated rings. The molecule has 6 nitrogen and oxygen atoms in total. The van der Waals surface area contributed by atoms with Crippen molar-refractivity contribution in [3.05, 3.63) is 114 Å². The summed E-state index contributed by atoms with van der Waals surface area (Å²) in [6, 6.07) is 16.9. The van der Waals surface area contributed by atoms with Crippen LogP contribution in [0.2, 0.25) is 0 Å². The maximum atomic E-state index is 14.7. The van der Waals surface area contributed by atoms with Crippen LogP contribution in [0.5, 0.6) is 0 Å². The maximum Gasteiger partial charge on any atom is 0.162 e. The maximum absolute atomic E-state index is 14.7. The van der Waals surface area contributed by atoms with E-state index in [1.54, 1.807) is 34.8 Å². The number of hydrogen-bond donors (Lipinski definition) is 2. The number of carbonyl (C=O) groups excluding carboxylic acids is 2. The third-order valence-corrected chi connectivity index (χ3v) is 13.0. The molecule has 47 heavy (non-hydrogen) atoms. The molecule has 2 aromatic heterocycles. The summed E-state index contributed by atoms with van der Waals surface area (Å²) in [7, 11) is 0. The van der Waals surface area contributed by atoms with Crippen molar-refractivity contribution in [3.63, 3.8) is 0 Å². The van der Waals surface area contributed by atoms with Crippen LogP contribution in [-0.2, 0) is 26.8 Å². The van der Waals surface area contributed by atoms with E-state index in [-0.39, 0.29) is 22.8 Å². The normalized spacial score (nSPS) is 27.8. The van der Waals surface area contributed by atoms with Crippen molar-refractivity contribution in [1.29, 1.82) is 0 Å². The number of halogens is 1. The van der Waals surface area contributed by atoms with Gasteiger partial charge in [-0.25, -0.2) is 14.4 Å². The third-order valence-electron chi connectivity index (χ3n) is 10.7. The van der Waals surface area contributed by atoms with Crippen molar-refractivity contribution in [2.24, 2.45) is 10.8 Å². The molecule has 9 heteroatoms. The predicted molar refractivity (Wildman–Crippen MR) is 185 cm³/mol. The van der Waals surface area contributed by atoms with Gasteiger partial charge in [0.1, 0.15) is 17.5 Å². The number of allylic oxidation sites excluding steroid dienone is 4. The van der Waals surface area contributed by atoms with Crippen LogP contribution < -0.4 is 10.6 Å². The van der Waals surface area contributed by atoms with Gasteiger partial charge in [-0.2, -0.15) is 0 Å². The van der Waals surface area contributed by atoms with Gasteiger partial charge in [-0.3, -0.25) is 9.59 Å². The Morgan fingerprint density at radius 2 is 1.43 bits per heavy atom. The lowest BCUT2D eigenvalue weighted by atomic mass is 9.63. The molecule has 4 aromatic rings. The fourth-order valence-corrected chi connectivity index (χ4v) is 10.9. The molecule has 1 unspecified atom stereocenters. The van der Waals surface area contributed by atoms with Crippen molar-refractivity contribution in [2.45, 2.75) is 77.6 Å². The standard InChI is InChI=1S/C38H37FN4O2S2/c1-35(2)15-24-29(26(44)17-35)38(5,22-12-9-13-23(39)14-22)32-34(42-24)43-28(47-32)19-36(3)16-25-30(27(45)18-36)37(4,21-10-7-6-8-11-21)31-33(41-25)40-20-46-31/h6-14,20,41-42H,15-19H2,1-5H3/t36?,37-,38+/m0/s1. The Kier molecular flexibility index (Phi) is 6.64. The van der Waals surface area contributed by atoms with Crippen molar-refractivity contribution < 1.29 is 14.0 Å². The minimum Gasteiger partial charge on any atom is -0.342 e. The molecule has 0 amide bonds. The Bertz CT molecular complexity index is 2060. The van der Waals surface area contributed by atoms with E-state index in [4.69, 9.17) is 4.98 Å². The smallest absolute Gasteiger partial charge is 0.162 e. The Balaban J connectivity index is 1.18. The highest BCUT2D eigenvalue weighted by Gasteiger charge is 2.52.